The molecule has 1 fully saturated rings. The van der Waals surface area contributed by atoms with Crippen LogP contribution in [0.2, 0.25) is 0 Å². The zero-order valence-electron chi connectivity index (χ0n) is 12.0. The summed E-state index contributed by atoms with van der Waals surface area (Å²) in [5.74, 6) is 0.812. The summed E-state index contributed by atoms with van der Waals surface area (Å²) < 4.78 is 0. The molecule has 0 radical (unpaired) electrons. The fourth-order valence-electron chi connectivity index (χ4n) is 3.25. The number of aromatic hydroxyl groups is 1. The molecule has 3 heteroatoms. The Bertz CT molecular complexity index is 585. The van der Waals surface area contributed by atoms with Crippen molar-refractivity contribution < 1.29 is 10.2 Å². The molecule has 1 heterocycles. The fraction of sp³-hybridized carbons (Fsp3) is 0.333. The van der Waals surface area contributed by atoms with Gasteiger partial charge in [-0.05, 0) is 23.3 Å². The van der Waals surface area contributed by atoms with Gasteiger partial charge in [0.05, 0.1) is 0 Å². The molecule has 0 saturated carbocycles. The molecule has 1 aliphatic rings. The summed E-state index contributed by atoms with van der Waals surface area (Å²) in [7, 11) is 0. The smallest absolute Gasteiger partial charge is 0.115 e. The molecule has 3 rings (SSSR count). The van der Waals surface area contributed by atoms with Crippen LogP contribution in [0.4, 0.5) is 0 Å². The topological polar surface area (TPSA) is 43.7 Å². The molecule has 0 aliphatic carbocycles. The molecule has 1 saturated heterocycles. The number of hydrogen-bond donors (Lipinski definition) is 2. The van der Waals surface area contributed by atoms with Crippen LogP contribution in [0.1, 0.15) is 17.0 Å². The monoisotopic (exact) mass is 283 g/mol. The van der Waals surface area contributed by atoms with Gasteiger partial charge < -0.3 is 10.2 Å². The van der Waals surface area contributed by atoms with Gasteiger partial charge in [0.15, 0.2) is 0 Å². The van der Waals surface area contributed by atoms with E-state index in [1.54, 1.807) is 6.07 Å². The van der Waals surface area contributed by atoms with Gasteiger partial charge in [-0.3, -0.25) is 4.90 Å². The number of phenols is 1. The summed E-state index contributed by atoms with van der Waals surface area (Å²) in [6.45, 7) is 2.91. The molecule has 2 aromatic rings. The Balaban J connectivity index is 1.74. The first-order valence-electron chi connectivity index (χ1n) is 7.42. The molecule has 2 N–H and O–H groups in total. The van der Waals surface area contributed by atoms with Crippen LogP contribution < -0.4 is 0 Å². The van der Waals surface area contributed by atoms with Crippen LogP contribution in [0.3, 0.4) is 0 Å². The Hall–Kier alpha value is -1.84. The molecule has 2 atom stereocenters. The molecule has 110 valence electrons. The van der Waals surface area contributed by atoms with E-state index in [9.17, 15) is 10.2 Å². The van der Waals surface area contributed by atoms with Crippen molar-refractivity contribution in [1.29, 1.82) is 0 Å². The third kappa shape index (κ3) is 3.26. The SMILES string of the molecule is OCC1CN(Cc2ccccc2)CC1c1cccc(O)c1. The lowest BCUT2D eigenvalue weighted by atomic mass is 9.89. The number of phenolic OH excluding ortho intramolecular Hbond substituents is 1. The lowest BCUT2D eigenvalue weighted by Gasteiger charge is -2.17. The molecular formula is C18H21NO2. The van der Waals surface area contributed by atoms with Crippen molar-refractivity contribution in [2.24, 2.45) is 5.92 Å². The van der Waals surface area contributed by atoms with Crippen LogP contribution in [-0.4, -0.2) is 34.8 Å². The number of nitrogens with zero attached hydrogens (tertiary/aromatic N) is 1. The second-order valence-corrected chi connectivity index (χ2v) is 5.82. The maximum Gasteiger partial charge on any atom is 0.115 e. The Morgan fingerprint density at radius 2 is 1.81 bits per heavy atom. The highest BCUT2D eigenvalue weighted by molar-refractivity contribution is 5.31. The highest BCUT2D eigenvalue weighted by Crippen LogP contribution is 2.34. The van der Waals surface area contributed by atoms with Gasteiger partial charge in [0.2, 0.25) is 0 Å². The van der Waals surface area contributed by atoms with E-state index in [0.717, 1.165) is 25.2 Å². The lowest BCUT2D eigenvalue weighted by molar-refractivity contribution is 0.214. The second kappa shape index (κ2) is 6.29. The quantitative estimate of drug-likeness (QED) is 0.906. The maximum absolute atomic E-state index is 9.66. The van der Waals surface area contributed by atoms with E-state index < -0.39 is 0 Å². The van der Waals surface area contributed by atoms with Crippen LogP contribution in [0.25, 0.3) is 0 Å². The van der Waals surface area contributed by atoms with E-state index in [4.69, 9.17) is 0 Å². The predicted molar refractivity (Wildman–Crippen MR) is 83.1 cm³/mol. The summed E-state index contributed by atoms with van der Waals surface area (Å²) >= 11 is 0. The van der Waals surface area contributed by atoms with Crippen molar-refractivity contribution in [3.8, 4) is 5.75 Å². The number of likely N-dealkylation sites (tertiary alicyclic amines) is 1. The summed E-state index contributed by atoms with van der Waals surface area (Å²) in [4.78, 5) is 2.38. The van der Waals surface area contributed by atoms with E-state index in [0.29, 0.717) is 5.75 Å². The summed E-state index contributed by atoms with van der Waals surface area (Å²) in [5, 5.41) is 19.3. The number of benzene rings is 2. The van der Waals surface area contributed by atoms with E-state index in [2.05, 4.69) is 29.2 Å². The van der Waals surface area contributed by atoms with Gasteiger partial charge in [-0.1, -0.05) is 42.5 Å². The summed E-state index contributed by atoms with van der Waals surface area (Å²) in [6, 6.07) is 17.8. The van der Waals surface area contributed by atoms with Gasteiger partial charge >= 0.3 is 0 Å². The zero-order valence-corrected chi connectivity index (χ0v) is 12.0. The standard InChI is InChI=1S/C18H21NO2/c20-13-16-11-19(10-14-5-2-1-3-6-14)12-18(16)15-7-4-8-17(21)9-15/h1-9,16,18,20-21H,10-13H2. The third-order valence-corrected chi connectivity index (χ3v) is 4.30. The van der Waals surface area contributed by atoms with Crippen molar-refractivity contribution in [2.45, 2.75) is 12.5 Å². The average Bonchev–Trinajstić information content (AvgIpc) is 2.91. The van der Waals surface area contributed by atoms with Gasteiger partial charge in [0.1, 0.15) is 5.75 Å². The van der Waals surface area contributed by atoms with Crippen LogP contribution >= 0.6 is 0 Å². The van der Waals surface area contributed by atoms with Crippen molar-refractivity contribution in [2.75, 3.05) is 19.7 Å². The largest absolute Gasteiger partial charge is 0.508 e. The minimum absolute atomic E-state index is 0.186. The molecule has 0 spiro atoms. The Labute approximate surface area is 125 Å². The van der Waals surface area contributed by atoms with E-state index in [1.807, 2.05) is 24.3 Å². The first kappa shape index (κ1) is 14.1. The van der Waals surface area contributed by atoms with Crippen molar-refractivity contribution in [3.63, 3.8) is 0 Å². The van der Waals surface area contributed by atoms with Crippen molar-refractivity contribution in [1.82, 2.24) is 4.90 Å². The molecule has 0 amide bonds. The molecular weight excluding hydrogens is 262 g/mol. The van der Waals surface area contributed by atoms with Gasteiger partial charge in [0, 0.05) is 38.1 Å². The molecule has 2 aromatic carbocycles. The predicted octanol–water partition coefficient (Wildman–Crippen LogP) is 2.60. The van der Waals surface area contributed by atoms with Crippen molar-refractivity contribution in [3.05, 3.63) is 65.7 Å². The van der Waals surface area contributed by atoms with E-state index in [1.165, 1.54) is 5.56 Å². The van der Waals surface area contributed by atoms with Crippen LogP contribution in [0.15, 0.2) is 54.6 Å². The Morgan fingerprint density at radius 1 is 1.00 bits per heavy atom. The normalized spacial score (nSPS) is 22.5. The van der Waals surface area contributed by atoms with Crippen molar-refractivity contribution >= 4 is 0 Å². The minimum Gasteiger partial charge on any atom is -0.508 e. The van der Waals surface area contributed by atoms with E-state index in [-0.39, 0.29) is 18.4 Å². The Morgan fingerprint density at radius 3 is 2.52 bits per heavy atom. The molecule has 1 aliphatic heterocycles. The highest BCUT2D eigenvalue weighted by Gasteiger charge is 2.33. The third-order valence-electron chi connectivity index (χ3n) is 4.30. The molecule has 0 bridgehead atoms. The lowest BCUT2D eigenvalue weighted by Crippen LogP contribution is -2.20. The van der Waals surface area contributed by atoms with Crippen LogP contribution in [0.5, 0.6) is 5.75 Å². The molecule has 3 nitrogen and oxygen atoms in total. The van der Waals surface area contributed by atoms with Gasteiger partial charge in [-0.15, -0.1) is 0 Å². The molecule has 2 unspecified atom stereocenters. The zero-order chi connectivity index (χ0) is 14.7. The maximum atomic E-state index is 9.66. The Kier molecular flexibility index (Phi) is 4.23. The number of hydrogen-bond acceptors (Lipinski definition) is 3. The van der Waals surface area contributed by atoms with Gasteiger partial charge in [0.25, 0.3) is 0 Å². The molecule has 21 heavy (non-hydrogen) atoms. The number of aliphatic hydroxyl groups excluding tert-OH is 1. The summed E-state index contributed by atoms with van der Waals surface area (Å²) in [5.41, 5.74) is 2.41. The molecule has 0 aromatic heterocycles. The number of aliphatic hydroxyl groups is 1. The van der Waals surface area contributed by atoms with Gasteiger partial charge in [-0.2, -0.15) is 0 Å². The summed E-state index contributed by atoms with van der Waals surface area (Å²) in [6.07, 6.45) is 0. The average molecular weight is 283 g/mol. The van der Waals surface area contributed by atoms with Crippen LogP contribution in [0, 0.1) is 5.92 Å². The van der Waals surface area contributed by atoms with Gasteiger partial charge in [-0.25, -0.2) is 0 Å². The fourth-order valence-corrected chi connectivity index (χ4v) is 3.25. The second-order valence-electron chi connectivity index (χ2n) is 5.82. The minimum atomic E-state index is 0.186. The first-order chi connectivity index (χ1) is 10.3. The first-order valence-corrected chi connectivity index (χ1v) is 7.42. The van der Waals surface area contributed by atoms with E-state index >= 15 is 0 Å². The highest BCUT2D eigenvalue weighted by atomic mass is 16.3. The van der Waals surface area contributed by atoms with Crippen LogP contribution in [-0.2, 0) is 6.54 Å². The number of rotatable bonds is 4.